The van der Waals surface area contributed by atoms with Crippen molar-refractivity contribution >= 4 is 5.69 Å². The zero-order valence-electron chi connectivity index (χ0n) is 9.98. The van der Waals surface area contributed by atoms with Gasteiger partial charge in [0.05, 0.1) is 12.1 Å². The number of aryl methyl sites for hydroxylation is 1. The summed E-state index contributed by atoms with van der Waals surface area (Å²) in [5.41, 5.74) is 3.99. The van der Waals surface area contributed by atoms with Crippen LogP contribution in [0, 0.1) is 0 Å². The van der Waals surface area contributed by atoms with Gasteiger partial charge in [-0.15, -0.1) is 0 Å². The molecule has 19 heavy (non-hydrogen) atoms. The molecule has 0 aliphatic rings. The van der Waals surface area contributed by atoms with Gasteiger partial charge in [-0.1, -0.05) is 6.07 Å². The first-order chi connectivity index (χ1) is 8.79. The third-order valence-corrected chi connectivity index (χ3v) is 2.65. The lowest BCUT2D eigenvalue weighted by atomic mass is 10.1. The van der Waals surface area contributed by atoms with Gasteiger partial charge in [-0.3, -0.25) is 4.57 Å². The number of benzene rings is 1. The minimum absolute atomic E-state index is 0.0180. The Kier molecular flexibility index (Phi) is 3.09. The van der Waals surface area contributed by atoms with Crippen molar-refractivity contribution in [1.82, 2.24) is 14.3 Å². The Morgan fingerprint density at radius 3 is 2.58 bits per heavy atom. The molecule has 0 atom stereocenters. The minimum Gasteiger partial charge on any atom is -0.399 e. The number of aromatic nitrogens is 3. The van der Waals surface area contributed by atoms with Crippen LogP contribution in [0.1, 0.15) is 11.1 Å². The van der Waals surface area contributed by atoms with Gasteiger partial charge in [-0.05, 0) is 17.7 Å². The van der Waals surface area contributed by atoms with Gasteiger partial charge in [-0.25, -0.2) is 9.48 Å². The number of hydrogen-bond donors (Lipinski definition) is 1. The highest BCUT2D eigenvalue weighted by Gasteiger charge is 2.33. The van der Waals surface area contributed by atoms with Gasteiger partial charge in [-0.2, -0.15) is 18.3 Å². The summed E-state index contributed by atoms with van der Waals surface area (Å²) in [4.78, 5) is 11.6. The number of nitrogen functional groups attached to an aromatic ring is 1. The predicted octanol–water partition coefficient (Wildman–Crippen LogP) is 1.23. The van der Waals surface area contributed by atoms with Crippen LogP contribution in [0.3, 0.4) is 0 Å². The normalized spacial score (nSPS) is 11.8. The Bertz CT molecular complexity index is 657. The fourth-order valence-corrected chi connectivity index (χ4v) is 1.69. The van der Waals surface area contributed by atoms with Crippen LogP contribution in [0.25, 0.3) is 0 Å². The maximum Gasteiger partial charge on any atom is 0.416 e. The Hall–Kier alpha value is -2.25. The molecule has 2 N–H and O–H groups in total. The maximum atomic E-state index is 12.9. The quantitative estimate of drug-likeness (QED) is 0.836. The Balaban J connectivity index is 2.46. The number of rotatable bonds is 2. The molecule has 1 heterocycles. The summed E-state index contributed by atoms with van der Waals surface area (Å²) in [6.45, 7) is -0.255. The fraction of sp³-hybridized carbons (Fsp3) is 0.273. The Morgan fingerprint density at radius 1 is 1.37 bits per heavy atom. The van der Waals surface area contributed by atoms with Gasteiger partial charge in [0.1, 0.15) is 6.33 Å². The largest absolute Gasteiger partial charge is 0.416 e. The van der Waals surface area contributed by atoms with Gasteiger partial charge in [0.25, 0.3) is 0 Å². The van der Waals surface area contributed by atoms with Crippen LogP contribution in [0.4, 0.5) is 18.9 Å². The number of anilines is 1. The number of halogens is 3. The second kappa shape index (κ2) is 4.45. The first kappa shape index (κ1) is 13.2. The van der Waals surface area contributed by atoms with E-state index in [0.717, 1.165) is 10.7 Å². The van der Waals surface area contributed by atoms with Crippen molar-refractivity contribution in [2.24, 2.45) is 7.05 Å². The molecule has 1 aromatic carbocycles. The molecule has 0 saturated heterocycles. The van der Waals surface area contributed by atoms with E-state index in [1.807, 2.05) is 0 Å². The molecule has 0 fully saturated rings. The van der Waals surface area contributed by atoms with E-state index in [1.54, 1.807) is 0 Å². The molecule has 0 unspecified atom stereocenters. The van der Waals surface area contributed by atoms with Crippen LogP contribution in [-0.4, -0.2) is 14.3 Å². The summed E-state index contributed by atoms with van der Waals surface area (Å²) in [7, 11) is 1.47. The van der Waals surface area contributed by atoms with Crippen LogP contribution in [-0.2, 0) is 19.8 Å². The number of nitrogens with two attached hydrogens (primary N) is 1. The van der Waals surface area contributed by atoms with Crippen molar-refractivity contribution in [3.05, 3.63) is 46.1 Å². The number of hydrogen-bond acceptors (Lipinski definition) is 3. The van der Waals surface area contributed by atoms with Crippen molar-refractivity contribution in [3.63, 3.8) is 0 Å². The molecule has 2 rings (SSSR count). The molecule has 8 heteroatoms. The van der Waals surface area contributed by atoms with E-state index >= 15 is 0 Å². The van der Waals surface area contributed by atoms with Gasteiger partial charge in [0, 0.05) is 12.7 Å². The fourth-order valence-electron chi connectivity index (χ4n) is 1.69. The summed E-state index contributed by atoms with van der Waals surface area (Å²) >= 11 is 0. The van der Waals surface area contributed by atoms with E-state index in [2.05, 4.69) is 5.10 Å². The van der Waals surface area contributed by atoms with Crippen molar-refractivity contribution in [1.29, 1.82) is 0 Å². The molecular formula is C11H11F3N4O. The average molecular weight is 272 g/mol. The highest BCUT2D eigenvalue weighted by atomic mass is 19.4. The second-order valence-corrected chi connectivity index (χ2v) is 4.10. The van der Waals surface area contributed by atoms with Crippen LogP contribution >= 0.6 is 0 Å². The summed E-state index contributed by atoms with van der Waals surface area (Å²) in [5.74, 6) is 0. The molecule has 0 aliphatic heterocycles. The topological polar surface area (TPSA) is 65.8 Å². The van der Waals surface area contributed by atoms with Crippen molar-refractivity contribution in [3.8, 4) is 0 Å². The molecule has 0 amide bonds. The number of nitrogens with zero attached hydrogens (tertiary/aromatic N) is 3. The van der Waals surface area contributed by atoms with E-state index in [0.29, 0.717) is 0 Å². The molecule has 5 nitrogen and oxygen atoms in total. The van der Waals surface area contributed by atoms with Crippen molar-refractivity contribution in [2.45, 2.75) is 12.7 Å². The van der Waals surface area contributed by atoms with Crippen molar-refractivity contribution in [2.75, 3.05) is 5.73 Å². The Labute approximate surface area is 106 Å². The van der Waals surface area contributed by atoms with Gasteiger partial charge < -0.3 is 5.73 Å². The zero-order valence-corrected chi connectivity index (χ0v) is 9.98. The zero-order chi connectivity index (χ0) is 14.2. The highest BCUT2D eigenvalue weighted by molar-refractivity contribution is 5.46. The first-order valence-electron chi connectivity index (χ1n) is 5.33. The van der Waals surface area contributed by atoms with Crippen LogP contribution in [0.2, 0.25) is 0 Å². The summed E-state index contributed by atoms with van der Waals surface area (Å²) in [6, 6.07) is 3.46. The van der Waals surface area contributed by atoms with Crippen LogP contribution in [0.15, 0.2) is 29.3 Å². The van der Waals surface area contributed by atoms with E-state index in [9.17, 15) is 18.0 Å². The van der Waals surface area contributed by atoms with Gasteiger partial charge in [0.2, 0.25) is 0 Å². The van der Waals surface area contributed by atoms with Gasteiger partial charge in [0.15, 0.2) is 0 Å². The summed E-state index contributed by atoms with van der Waals surface area (Å²) < 4.78 is 40.7. The van der Waals surface area contributed by atoms with E-state index < -0.39 is 17.4 Å². The van der Waals surface area contributed by atoms with E-state index in [-0.39, 0.29) is 17.8 Å². The lowest BCUT2D eigenvalue weighted by molar-refractivity contribution is -0.138. The van der Waals surface area contributed by atoms with E-state index in [1.165, 1.54) is 30.1 Å². The maximum absolute atomic E-state index is 12.9. The first-order valence-corrected chi connectivity index (χ1v) is 5.33. The molecule has 1 aromatic heterocycles. The van der Waals surface area contributed by atoms with Crippen LogP contribution < -0.4 is 11.4 Å². The monoisotopic (exact) mass is 272 g/mol. The lowest BCUT2D eigenvalue weighted by Gasteiger charge is -2.13. The molecule has 102 valence electrons. The number of alkyl halides is 3. The third-order valence-electron chi connectivity index (χ3n) is 2.65. The molecule has 2 aromatic rings. The van der Waals surface area contributed by atoms with E-state index in [4.69, 9.17) is 5.73 Å². The SMILES string of the molecule is Cn1cnn(Cc2ccc(N)cc2C(F)(F)F)c1=O. The summed E-state index contributed by atoms with van der Waals surface area (Å²) in [6.07, 6.45) is -3.28. The van der Waals surface area contributed by atoms with Gasteiger partial charge >= 0.3 is 11.9 Å². The standard InChI is InChI=1S/C11H11F3N4O/c1-17-6-16-18(10(17)19)5-7-2-3-8(15)4-9(7)11(12,13)14/h2-4,6H,5,15H2,1H3. The molecule has 0 bridgehead atoms. The molecule has 0 aliphatic carbocycles. The average Bonchev–Trinajstić information content (AvgIpc) is 2.62. The van der Waals surface area contributed by atoms with Crippen LogP contribution in [0.5, 0.6) is 0 Å². The predicted molar refractivity (Wildman–Crippen MR) is 62.4 cm³/mol. The molecular weight excluding hydrogens is 261 g/mol. The second-order valence-electron chi connectivity index (χ2n) is 4.10. The molecule has 0 radical (unpaired) electrons. The minimum atomic E-state index is -4.52. The lowest BCUT2D eigenvalue weighted by Crippen LogP contribution is -2.24. The Morgan fingerprint density at radius 2 is 2.05 bits per heavy atom. The third kappa shape index (κ3) is 2.61. The molecule has 0 spiro atoms. The smallest absolute Gasteiger partial charge is 0.399 e. The van der Waals surface area contributed by atoms with Crippen molar-refractivity contribution < 1.29 is 13.2 Å². The molecule has 0 saturated carbocycles. The summed E-state index contributed by atoms with van der Waals surface area (Å²) in [5, 5.41) is 3.72. The highest BCUT2D eigenvalue weighted by Crippen LogP contribution is 2.33.